The standard InChI is InChI=1S/C30H36N8O2/c1-19(20-9-13-38(26(39)16-20)15-14-36(3)4)6-7-25(31-2)35-24-18-33-28(23-17-34-30(40)27(23)24)21-8-11-32-29-22(21)10-12-37(29)5/h6-8,10-12,18,20,35H,2,9,13-17H2,1,3-5H3,(H,34,40)/b19-6+,25-7+. The summed E-state index contributed by atoms with van der Waals surface area (Å²) in [6.45, 7) is 8.55. The molecule has 0 aliphatic carbocycles. The van der Waals surface area contributed by atoms with E-state index in [4.69, 9.17) is 4.98 Å². The molecule has 208 valence electrons. The summed E-state index contributed by atoms with van der Waals surface area (Å²) in [6.07, 6.45) is 10.7. The highest BCUT2D eigenvalue weighted by molar-refractivity contribution is 6.06. The van der Waals surface area contributed by atoms with Gasteiger partial charge in [-0.3, -0.25) is 14.6 Å². The lowest BCUT2D eigenvalue weighted by Gasteiger charge is -2.33. The molecule has 1 unspecified atom stereocenters. The van der Waals surface area contributed by atoms with Gasteiger partial charge in [-0.1, -0.05) is 11.6 Å². The largest absolute Gasteiger partial charge is 0.348 e. The number of piperidine rings is 1. The molecule has 10 nitrogen and oxygen atoms in total. The fraction of sp³-hybridized carbons (Fsp3) is 0.367. The molecule has 10 heteroatoms. The summed E-state index contributed by atoms with van der Waals surface area (Å²) in [5.74, 6) is 0.732. The van der Waals surface area contributed by atoms with Crippen LogP contribution < -0.4 is 10.6 Å². The average molecular weight is 541 g/mol. The van der Waals surface area contributed by atoms with Crippen molar-refractivity contribution >= 4 is 35.3 Å². The van der Waals surface area contributed by atoms with Crippen molar-refractivity contribution in [2.24, 2.45) is 18.0 Å². The topological polar surface area (TPSA) is 108 Å². The van der Waals surface area contributed by atoms with Crippen molar-refractivity contribution in [3.05, 3.63) is 65.4 Å². The molecule has 2 amide bonds. The van der Waals surface area contributed by atoms with Crippen molar-refractivity contribution in [2.45, 2.75) is 26.3 Å². The van der Waals surface area contributed by atoms with Crippen molar-refractivity contribution in [1.29, 1.82) is 0 Å². The van der Waals surface area contributed by atoms with Gasteiger partial charge in [0.2, 0.25) is 5.91 Å². The summed E-state index contributed by atoms with van der Waals surface area (Å²) in [4.78, 5) is 43.0. The second-order valence-corrected chi connectivity index (χ2v) is 10.7. The second kappa shape index (κ2) is 11.4. The Labute approximate surface area is 234 Å². The van der Waals surface area contributed by atoms with Crippen LogP contribution in [0.3, 0.4) is 0 Å². The monoisotopic (exact) mass is 540 g/mol. The number of aryl methyl sites for hydroxylation is 1. The molecule has 5 rings (SSSR count). The number of aliphatic imine (C=N–C) groups is 1. The summed E-state index contributed by atoms with van der Waals surface area (Å²) >= 11 is 0. The van der Waals surface area contributed by atoms with Crippen LogP contribution in [0.15, 0.2) is 59.3 Å². The number of hydrogen-bond acceptors (Lipinski definition) is 7. The van der Waals surface area contributed by atoms with E-state index in [1.165, 1.54) is 0 Å². The molecule has 0 bridgehead atoms. The molecule has 1 atom stereocenters. The maximum absolute atomic E-state index is 12.9. The molecule has 0 saturated carbocycles. The summed E-state index contributed by atoms with van der Waals surface area (Å²) in [7, 11) is 5.99. The van der Waals surface area contributed by atoms with Crippen LogP contribution in [0, 0.1) is 5.92 Å². The van der Waals surface area contributed by atoms with Crippen LogP contribution >= 0.6 is 0 Å². The molecule has 3 aromatic heterocycles. The van der Waals surface area contributed by atoms with Gasteiger partial charge < -0.3 is 25.0 Å². The Morgan fingerprint density at radius 3 is 2.85 bits per heavy atom. The maximum atomic E-state index is 12.9. The first-order valence-electron chi connectivity index (χ1n) is 13.5. The van der Waals surface area contributed by atoms with E-state index in [9.17, 15) is 9.59 Å². The predicted molar refractivity (Wildman–Crippen MR) is 158 cm³/mol. The van der Waals surface area contributed by atoms with E-state index < -0.39 is 0 Å². The van der Waals surface area contributed by atoms with E-state index in [2.05, 4.69) is 32.2 Å². The summed E-state index contributed by atoms with van der Waals surface area (Å²) in [5.41, 5.74) is 5.62. The minimum absolute atomic E-state index is 0.158. The van der Waals surface area contributed by atoms with Gasteiger partial charge in [0, 0.05) is 68.6 Å². The maximum Gasteiger partial charge on any atom is 0.254 e. The van der Waals surface area contributed by atoms with Gasteiger partial charge in [-0.15, -0.1) is 0 Å². The third-order valence-electron chi connectivity index (χ3n) is 7.78. The van der Waals surface area contributed by atoms with E-state index in [0.29, 0.717) is 30.0 Å². The van der Waals surface area contributed by atoms with Gasteiger partial charge in [-0.2, -0.15) is 0 Å². The number of likely N-dealkylation sites (tertiary alicyclic amines) is 1. The van der Waals surface area contributed by atoms with Crippen LogP contribution in [0.25, 0.3) is 22.3 Å². The van der Waals surface area contributed by atoms with Crippen molar-refractivity contribution in [3.63, 3.8) is 0 Å². The van der Waals surface area contributed by atoms with E-state index in [0.717, 1.165) is 59.5 Å². The highest BCUT2D eigenvalue weighted by atomic mass is 16.2. The summed E-state index contributed by atoms with van der Waals surface area (Å²) in [5, 5.41) is 7.17. The zero-order valence-corrected chi connectivity index (χ0v) is 23.6. The normalized spacial score (nSPS) is 17.9. The van der Waals surface area contributed by atoms with E-state index in [1.807, 2.05) is 68.0 Å². The molecular weight excluding hydrogens is 504 g/mol. The Morgan fingerprint density at radius 1 is 1.27 bits per heavy atom. The highest BCUT2D eigenvalue weighted by Gasteiger charge is 2.29. The first-order chi connectivity index (χ1) is 19.3. The van der Waals surface area contributed by atoms with E-state index in [1.54, 1.807) is 12.4 Å². The number of nitrogens with one attached hydrogen (secondary N) is 2. The number of nitrogens with zero attached hydrogens (tertiary/aromatic N) is 6. The zero-order chi connectivity index (χ0) is 28.4. The third-order valence-corrected chi connectivity index (χ3v) is 7.78. The Kier molecular flexibility index (Phi) is 7.79. The number of carbonyl (C=O) groups excluding carboxylic acids is 2. The molecule has 0 spiro atoms. The minimum Gasteiger partial charge on any atom is -0.348 e. The van der Waals surface area contributed by atoms with Crippen LogP contribution in [0.1, 0.15) is 35.7 Å². The summed E-state index contributed by atoms with van der Waals surface area (Å²) < 4.78 is 1.96. The number of amides is 2. The van der Waals surface area contributed by atoms with Crippen molar-refractivity contribution in [3.8, 4) is 11.3 Å². The molecule has 2 aliphatic heterocycles. The first-order valence-corrected chi connectivity index (χ1v) is 13.5. The lowest BCUT2D eigenvalue weighted by Crippen LogP contribution is -2.42. The number of aromatic nitrogens is 3. The van der Waals surface area contributed by atoms with Gasteiger partial charge in [0.25, 0.3) is 5.91 Å². The van der Waals surface area contributed by atoms with Gasteiger partial charge in [0.1, 0.15) is 11.5 Å². The average Bonchev–Trinajstić information content (AvgIpc) is 3.53. The van der Waals surface area contributed by atoms with Crippen molar-refractivity contribution in [1.82, 2.24) is 29.7 Å². The fourth-order valence-electron chi connectivity index (χ4n) is 5.38. The lowest BCUT2D eigenvalue weighted by atomic mass is 9.89. The summed E-state index contributed by atoms with van der Waals surface area (Å²) in [6, 6.07) is 3.95. The molecule has 0 radical (unpaired) electrons. The molecule has 1 fully saturated rings. The van der Waals surface area contributed by atoms with Crippen molar-refractivity contribution < 1.29 is 9.59 Å². The van der Waals surface area contributed by atoms with E-state index >= 15 is 0 Å². The van der Waals surface area contributed by atoms with Gasteiger partial charge in [0.15, 0.2) is 0 Å². The number of allylic oxidation sites excluding steroid dienone is 3. The molecule has 2 aliphatic rings. The molecule has 40 heavy (non-hydrogen) atoms. The van der Waals surface area contributed by atoms with Crippen LogP contribution in [-0.4, -0.2) is 76.6 Å². The van der Waals surface area contributed by atoms with Gasteiger partial charge in [-0.05, 0) is 58.3 Å². The van der Waals surface area contributed by atoms with Gasteiger partial charge >= 0.3 is 0 Å². The molecule has 2 N–H and O–H groups in total. The Bertz CT molecular complexity index is 1530. The molecule has 1 saturated heterocycles. The smallest absolute Gasteiger partial charge is 0.254 e. The first kappa shape index (κ1) is 27.3. The Morgan fingerprint density at radius 2 is 2.10 bits per heavy atom. The van der Waals surface area contributed by atoms with Crippen LogP contribution in [0.4, 0.5) is 5.69 Å². The number of rotatable bonds is 9. The van der Waals surface area contributed by atoms with Gasteiger partial charge in [-0.25, -0.2) is 9.98 Å². The number of likely N-dealkylation sites (N-methyl/N-ethyl adjacent to an activating group) is 1. The van der Waals surface area contributed by atoms with Crippen LogP contribution in [0.2, 0.25) is 0 Å². The molecule has 0 aromatic carbocycles. The Hall–Kier alpha value is -4.31. The van der Waals surface area contributed by atoms with E-state index in [-0.39, 0.29) is 17.7 Å². The third kappa shape index (κ3) is 5.40. The quantitative estimate of drug-likeness (QED) is 0.317. The second-order valence-electron chi connectivity index (χ2n) is 10.7. The SMILES string of the molecule is C=N/C(=C\C=C(/C)C1CCN(CCN(C)C)C(=O)C1)Nc1cnc(-c2ccnc3c2ccn3C)c2c1C(=O)NC2. The van der Waals surface area contributed by atoms with Crippen molar-refractivity contribution in [2.75, 3.05) is 39.0 Å². The molecule has 3 aromatic rings. The molecule has 5 heterocycles. The van der Waals surface area contributed by atoms with Crippen LogP contribution in [-0.2, 0) is 18.4 Å². The fourth-order valence-corrected chi connectivity index (χ4v) is 5.38. The minimum atomic E-state index is -0.158. The highest BCUT2D eigenvalue weighted by Crippen LogP contribution is 2.35. The predicted octanol–water partition coefficient (Wildman–Crippen LogP) is 3.58. The Balaban J connectivity index is 1.36. The number of pyridine rings is 2. The lowest BCUT2D eigenvalue weighted by molar-refractivity contribution is -0.134. The van der Waals surface area contributed by atoms with Gasteiger partial charge in [0.05, 0.1) is 23.1 Å². The number of hydrogen-bond donors (Lipinski definition) is 2. The number of anilines is 1. The molecular formula is C30H36N8O2. The number of fused-ring (bicyclic) bond motifs is 2. The van der Waals surface area contributed by atoms with Crippen LogP contribution in [0.5, 0.6) is 0 Å². The zero-order valence-electron chi connectivity index (χ0n) is 23.6. The number of carbonyl (C=O) groups is 2.